The zero-order valence-electron chi connectivity index (χ0n) is 11.7. The standard InChI is InChI=1S/C13H18ClF3N4/c1-19-11-7-12(9(14)6-10(11)18)21-4-2-20(3-5-21)8-13(15,16)17/h6-7,19H,2-5,8,18H2,1H3. The Morgan fingerprint density at radius 3 is 2.38 bits per heavy atom. The zero-order chi connectivity index (χ0) is 15.6. The summed E-state index contributed by atoms with van der Waals surface area (Å²) in [6.07, 6.45) is -4.15. The molecule has 0 radical (unpaired) electrons. The van der Waals surface area contributed by atoms with Crippen LogP contribution in [0, 0.1) is 0 Å². The number of halogens is 4. The third-order valence-corrected chi connectivity index (χ3v) is 3.81. The molecule has 0 unspecified atom stereocenters. The van der Waals surface area contributed by atoms with E-state index in [-0.39, 0.29) is 0 Å². The van der Waals surface area contributed by atoms with Crippen LogP contribution in [0.3, 0.4) is 0 Å². The zero-order valence-corrected chi connectivity index (χ0v) is 12.4. The van der Waals surface area contributed by atoms with E-state index in [4.69, 9.17) is 17.3 Å². The van der Waals surface area contributed by atoms with E-state index >= 15 is 0 Å². The van der Waals surface area contributed by atoms with E-state index in [1.165, 1.54) is 4.90 Å². The molecule has 0 saturated carbocycles. The summed E-state index contributed by atoms with van der Waals surface area (Å²) < 4.78 is 37.1. The van der Waals surface area contributed by atoms with Gasteiger partial charge in [0.05, 0.1) is 28.6 Å². The van der Waals surface area contributed by atoms with Gasteiger partial charge in [-0.25, -0.2) is 0 Å². The molecule has 21 heavy (non-hydrogen) atoms. The maximum absolute atomic E-state index is 12.4. The average molecular weight is 323 g/mol. The SMILES string of the molecule is CNc1cc(N2CCN(CC(F)(F)F)CC2)c(Cl)cc1N. The molecule has 1 saturated heterocycles. The highest BCUT2D eigenvalue weighted by Gasteiger charge is 2.32. The number of anilines is 3. The first kappa shape index (κ1) is 16.0. The second-order valence-electron chi connectivity index (χ2n) is 5.02. The summed E-state index contributed by atoms with van der Waals surface area (Å²) in [6.45, 7) is 0.855. The summed E-state index contributed by atoms with van der Waals surface area (Å²) in [4.78, 5) is 3.39. The van der Waals surface area contributed by atoms with Crippen LogP contribution in [0.2, 0.25) is 5.02 Å². The number of alkyl halides is 3. The average Bonchev–Trinajstić information content (AvgIpc) is 2.38. The van der Waals surface area contributed by atoms with E-state index < -0.39 is 12.7 Å². The van der Waals surface area contributed by atoms with Gasteiger partial charge in [-0.15, -0.1) is 0 Å². The third-order valence-electron chi connectivity index (χ3n) is 3.50. The number of benzene rings is 1. The molecular weight excluding hydrogens is 305 g/mol. The Balaban J connectivity index is 2.05. The number of nitrogens with one attached hydrogen (secondary N) is 1. The fourth-order valence-corrected chi connectivity index (χ4v) is 2.73. The smallest absolute Gasteiger partial charge is 0.397 e. The van der Waals surface area contributed by atoms with Crippen LogP contribution >= 0.6 is 11.6 Å². The van der Waals surface area contributed by atoms with Gasteiger partial charge >= 0.3 is 6.18 Å². The molecule has 1 aliphatic rings. The second kappa shape index (κ2) is 6.19. The third kappa shape index (κ3) is 4.07. The molecule has 1 heterocycles. The normalized spacial score (nSPS) is 17.1. The molecule has 0 aliphatic carbocycles. The van der Waals surface area contributed by atoms with Crippen molar-refractivity contribution in [3.8, 4) is 0 Å². The second-order valence-corrected chi connectivity index (χ2v) is 5.43. The fraction of sp³-hybridized carbons (Fsp3) is 0.538. The lowest BCUT2D eigenvalue weighted by atomic mass is 10.2. The molecule has 118 valence electrons. The topological polar surface area (TPSA) is 44.5 Å². The first-order chi connectivity index (χ1) is 9.80. The van der Waals surface area contributed by atoms with Crippen molar-refractivity contribution in [3.05, 3.63) is 17.2 Å². The van der Waals surface area contributed by atoms with E-state index in [9.17, 15) is 13.2 Å². The van der Waals surface area contributed by atoms with Crippen LogP contribution in [0.15, 0.2) is 12.1 Å². The molecule has 1 aromatic rings. The Kier molecular flexibility index (Phi) is 4.73. The highest BCUT2D eigenvalue weighted by Crippen LogP contribution is 2.34. The lowest BCUT2D eigenvalue weighted by Gasteiger charge is -2.36. The molecule has 0 spiro atoms. The molecule has 0 amide bonds. The summed E-state index contributed by atoms with van der Waals surface area (Å²) in [5, 5.41) is 3.48. The van der Waals surface area contributed by atoms with Gasteiger partial charge in [0.2, 0.25) is 0 Å². The van der Waals surface area contributed by atoms with Gasteiger partial charge in [0.1, 0.15) is 0 Å². The number of hydrogen-bond acceptors (Lipinski definition) is 4. The number of nitrogens with two attached hydrogens (primary N) is 1. The van der Waals surface area contributed by atoms with Gasteiger partial charge in [-0.3, -0.25) is 4.90 Å². The minimum Gasteiger partial charge on any atom is -0.397 e. The monoisotopic (exact) mass is 322 g/mol. The molecule has 1 aromatic carbocycles. The first-order valence-electron chi connectivity index (χ1n) is 6.61. The van der Waals surface area contributed by atoms with Crippen LogP contribution < -0.4 is 16.0 Å². The van der Waals surface area contributed by atoms with Crippen LogP contribution in [0.5, 0.6) is 0 Å². The van der Waals surface area contributed by atoms with Crippen molar-refractivity contribution in [2.45, 2.75) is 6.18 Å². The van der Waals surface area contributed by atoms with Gasteiger partial charge in [-0.05, 0) is 12.1 Å². The minimum atomic E-state index is -4.15. The van der Waals surface area contributed by atoms with E-state index in [1.807, 2.05) is 11.0 Å². The van der Waals surface area contributed by atoms with Crippen LogP contribution in [0.4, 0.5) is 30.2 Å². The Hall–Kier alpha value is -1.34. The van der Waals surface area contributed by atoms with E-state index in [2.05, 4.69) is 5.32 Å². The molecule has 0 bridgehead atoms. The van der Waals surface area contributed by atoms with Gasteiger partial charge in [-0.2, -0.15) is 13.2 Å². The Bertz CT molecular complexity index is 499. The number of nitrogens with zero attached hydrogens (tertiary/aromatic N) is 2. The summed E-state index contributed by atoms with van der Waals surface area (Å²) in [6, 6.07) is 3.49. The van der Waals surface area contributed by atoms with Crippen molar-refractivity contribution in [3.63, 3.8) is 0 Å². The Morgan fingerprint density at radius 2 is 1.86 bits per heavy atom. The van der Waals surface area contributed by atoms with Crippen LogP contribution in [0.25, 0.3) is 0 Å². The quantitative estimate of drug-likeness (QED) is 0.840. The number of piperazine rings is 1. The molecule has 2 rings (SSSR count). The van der Waals surface area contributed by atoms with Gasteiger partial charge < -0.3 is 16.0 Å². The van der Waals surface area contributed by atoms with Gasteiger partial charge in [0, 0.05) is 33.2 Å². The summed E-state index contributed by atoms with van der Waals surface area (Å²) in [5.74, 6) is 0. The predicted molar refractivity (Wildman–Crippen MR) is 80.1 cm³/mol. The number of rotatable bonds is 3. The van der Waals surface area contributed by atoms with Crippen molar-refractivity contribution in [2.75, 3.05) is 55.7 Å². The number of hydrogen-bond donors (Lipinski definition) is 2. The van der Waals surface area contributed by atoms with E-state index in [0.29, 0.717) is 36.9 Å². The van der Waals surface area contributed by atoms with Crippen molar-refractivity contribution >= 4 is 28.7 Å². The summed E-state index contributed by atoms with van der Waals surface area (Å²) in [5.41, 5.74) is 7.92. The highest BCUT2D eigenvalue weighted by molar-refractivity contribution is 6.33. The Labute approximate surface area is 126 Å². The predicted octanol–water partition coefficient (Wildman–Crippen LogP) is 2.65. The summed E-state index contributed by atoms with van der Waals surface area (Å²) >= 11 is 6.19. The van der Waals surface area contributed by atoms with Crippen LogP contribution in [-0.4, -0.2) is 50.8 Å². The van der Waals surface area contributed by atoms with Gasteiger partial charge in [-0.1, -0.05) is 11.6 Å². The van der Waals surface area contributed by atoms with E-state index in [1.54, 1.807) is 13.1 Å². The minimum absolute atomic E-state index is 0.356. The Morgan fingerprint density at radius 1 is 1.24 bits per heavy atom. The molecule has 1 fully saturated rings. The van der Waals surface area contributed by atoms with Crippen molar-refractivity contribution in [1.82, 2.24) is 4.90 Å². The largest absolute Gasteiger partial charge is 0.401 e. The lowest BCUT2D eigenvalue weighted by Crippen LogP contribution is -2.49. The fourth-order valence-electron chi connectivity index (χ4n) is 2.44. The van der Waals surface area contributed by atoms with Gasteiger partial charge in [0.25, 0.3) is 0 Å². The van der Waals surface area contributed by atoms with Gasteiger partial charge in [0.15, 0.2) is 0 Å². The first-order valence-corrected chi connectivity index (χ1v) is 6.99. The highest BCUT2D eigenvalue weighted by atomic mass is 35.5. The molecule has 1 aliphatic heterocycles. The van der Waals surface area contributed by atoms with Crippen LogP contribution in [0.1, 0.15) is 0 Å². The van der Waals surface area contributed by atoms with Crippen molar-refractivity contribution in [1.29, 1.82) is 0 Å². The molecule has 3 N–H and O–H groups in total. The molecular formula is C13H18ClF3N4. The lowest BCUT2D eigenvalue weighted by molar-refractivity contribution is -0.146. The summed E-state index contributed by atoms with van der Waals surface area (Å²) in [7, 11) is 1.75. The van der Waals surface area contributed by atoms with Crippen molar-refractivity contribution in [2.24, 2.45) is 0 Å². The molecule has 0 atom stereocenters. The van der Waals surface area contributed by atoms with Crippen LogP contribution in [-0.2, 0) is 0 Å². The maximum atomic E-state index is 12.4. The molecule has 4 nitrogen and oxygen atoms in total. The van der Waals surface area contributed by atoms with E-state index in [0.717, 1.165) is 11.4 Å². The van der Waals surface area contributed by atoms with Crippen molar-refractivity contribution < 1.29 is 13.2 Å². The maximum Gasteiger partial charge on any atom is 0.401 e. The number of nitrogen functional groups attached to an aromatic ring is 1. The molecule has 0 aromatic heterocycles. The molecule has 8 heteroatoms.